The van der Waals surface area contributed by atoms with Gasteiger partial charge < -0.3 is 9.72 Å². The SMILES string of the molecule is COC(=O)c1[nH]cc(Br)c1C=O. The summed E-state index contributed by atoms with van der Waals surface area (Å²) in [6.45, 7) is 0. The maximum atomic E-state index is 11.0. The number of aromatic amines is 1. The number of aromatic nitrogens is 1. The monoisotopic (exact) mass is 231 g/mol. The van der Waals surface area contributed by atoms with Crippen molar-refractivity contribution in [3.63, 3.8) is 0 Å². The molecule has 0 radical (unpaired) electrons. The zero-order valence-corrected chi connectivity index (χ0v) is 7.84. The first-order chi connectivity index (χ1) is 5.70. The van der Waals surface area contributed by atoms with E-state index in [-0.39, 0.29) is 11.3 Å². The number of aldehydes is 1. The molecule has 0 bridgehead atoms. The van der Waals surface area contributed by atoms with Gasteiger partial charge in [-0.05, 0) is 15.9 Å². The molecule has 0 amide bonds. The standard InChI is InChI=1S/C7H6BrNO3/c1-12-7(11)6-4(3-10)5(8)2-9-6/h2-3,9H,1H3. The molecule has 0 saturated carbocycles. The van der Waals surface area contributed by atoms with E-state index in [4.69, 9.17) is 0 Å². The molecule has 0 unspecified atom stereocenters. The second-order valence-electron chi connectivity index (χ2n) is 2.03. The zero-order chi connectivity index (χ0) is 9.14. The number of halogens is 1. The molecule has 0 aliphatic heterocycles. The molecule has 1 N–H and O–H groups in total. The molecule has 64 valence electrons. The maximum Gasteiger partial charge on any atom is 0.355 e. The largest absolute Gasteiger partial charge is 0.464 e. The Kier molecular flexibility index (Phi) is 2.65. The molecular weight excluding hydrogens is 226 g/mol. The van der Waals surface area contributed by atoms with Gasteiger partial charge in [-0.25, -0.2) is 4.79 Å². The molecule has 0 aromatic carbocycles. The smallest absolute Gasteiger partial charge is 0.355 e. The van der Waals surface area contributed by atoms with Gasteiger partial charge in [0, 0.05) is 10.7 Å². The zero-order valence-electron chi connectivity index (χ0n) is 6.26. The van der Waals surface area contributed by atoms with Gasteiger partial charge in [-0.2, -0.15) is 0 Å². The lowest BCUT2D eigenvalue weighted by atomic mass is 10.3. The van der Waals surface area contributed by atoms with Gasteiger partial charge in [0.05, 0.1) is 12.7 Å². The van der Waals surface area contributed by atoms with Crippen molar-refractivity contribution in [1.82, 2.24) is 4.98 Å². The molecule has 1 rings (SSSR count). The van der Waals surface area contributed by atoms with E-state index in [2.05, 4.69) is 25.7 Å². The number of H-pyrrole nitrogens is 1. The molecule has 1 aromatic rings. The number of esters is 1. The molecule has 4 nitrogen and oxygen atoms in total. The first kappa shape index (κ1) is 8.99. The molecule has 0 spiro atoms. The van der Waals surface area contributed by atoms with Crippen LogP contribution in [-0.4, -0.2) is 24.3 Å². The Morgan fingerprint density at radius 2 is 2.42 bits per heavy atom. The highest BCUT2D eigenvalue weighted by atomic mass is 79.9. The fraction of sp³-hybridized carbons (Fsp3) is 0.143. The minimum Gasteiger partial charge on any atom is -0.464 e. The topological polar surface area (TPSA) is 59.2 Å². The molecule has 5 heteroatoms. The van der Waals surface area contributed by atoms with Crippen LogP contribution in [0.4, 0.5) is 0 Å². The minimum atomic E-state index is -0.553. The van der Waals surface area contributed by atoms with Gasteiger partial charge in [0.15, 0.2) is 6.29 Å². The fourth-order valence-corrected chi connectivity index (χ4v) is 1.20. The van der Waals surface area contributed by atoms with Crippen LogP contribution in [0.25, 0.3) is 0 Å². The number of carbonyl (C=O) groups excluding carboxylic acids is 2. The van der Waals surface area contributed by atoms with Crippen molar-refractivity contribution >= 4 is 28.2 Å². The van der Waals surface area contributed by atoms with E-state index in [9.17, 15) is 9.59 Å². The van der Waals surface area contributed by atoms with Gasteiger partial charge in [-0.3, -0.25) is 4.79 Å². The Hall–Kier alpha value is -1.10. The van der Waals surface area contributed by atoms with Crippen LogP contribution in [0.3, 0.4) is 0 Å². The van der Waals surface area contributed by atoms with Crippen molar-refractivity contribution < 1.29 is 14.3 Å². The minimum absolute atomic E-state index is 0.166. The highest BCUT2D eigenvalue weighted by Crippen LogP contribution is 2.18. The second-order valence-corrected chi connectivity index (χ2v) is 2.89. The summed E-state index contributed by atoms with van der Waals surface area (Å²) in [6.07, 6.45) is 2.10. The van der Waals surface area contributed by atoms with E-state index < -0.39 is 5.97 Å². The molecule has 0 fully saturated rings. The number of methoxy groups -OCH3 is 1. The molecule has 0 aliphatic carbocycles. The van der Waals surface area contributed by atoms with Crippen molar-refractivity contribution in [3.05, 3.63) is 21.9 Å². The van der Waals surface area contributed by atoms with Crippen LogP contribution >= 0.6 is 15.9 Å². The second kappa shape index (κ2) is 3.53. The predicted octanol–water partition coefficient (Wildman–Crippen LogP) is 1.38. The van der Waals surface area contributed by atoms with Crippen molar-refractivity contribution in [2.75, 3.05) is 7.11 Å². The summed E-state index contributed by atoms with van der Waals surface area (Å²) in [4.78, 5) is 24.1. The number of hydrogen-bond donors (Lipinski definition) is 1. The summed E-state index contributed by atoms with van der Waals surface area (Å²) in [5, 5.41) is 0. The Morgan fingerprint density at radius 3 is 2.92 bits per heavy atom. The van der Waals surface area contributed by atoms with E-state index in [0.29, 0.717) is 10.8 Å². The van der Waals surface area contributed by atoms with Gasteiger partial charge in [-0.1, -0.05) is 0 Å². The van der Waals surface area contributed by atoms with Crippen molar-refractivity contribution in [2.24, 2.45) is 0 Å². The van der Waals surface area contributed by atoms with Crippen molar-refractivity contribution in [1.29, 1.82) is 0 Å². The van der Waals surface area contributed by atoms with Gasteiger partial charge in [-0.15, -0.1) is 0 Å². The number of hydrogen-bond acceptors (Lipinski definition) is 3. The van der Waals surface area contributed by atoms with Gasteiger partial charge in [0.25, 0.3) is 0 Å². The van der Waals surface area contributed by atoms with Crippen LogP contribution in [0.2, 0.25) is 0 Å². The third kappa shape index (κ3) is 1.40. The van der Waals surface area contributed by atoms with Gasteiger partial charge in [0.1, 0.15) is 5.69 Å². The normalized spacial score (nSPS) is 9.50. The molecule has 12 heavy (non-hydrogen) atoms. The third-order valence-corrected chi connectivity index (χ3v) is 2.03. The summed E-state index contributed by atoms with van der Waals surface area (Å²) in [5.74, 6) is -0.553. The molecular formula is C7H6BrNO3. The average molecular weight is 232 g/mol. The summed E-state index contributed by atoms with van der Waals surface area (Å²) in [7, 11) is 1.26. The number of ether oxygens (including phenoxy) is 1. The summed E-state index contributed by atoms with van der Waals surface area (Å²) >= 11 is 3.10. The van der Waals surface area contributed by atoms with E-state index in [0.717, 1.165) is 0 Å². The first-order valence-corrected chi connectivity index (χ1v) is 3.90. The molecule has 0 atom stereocenters. The predicted molar refractivity (Wildman–Crippen MR) is 45.2 cm³/mol. The van der Waals surface area contributed by atoms with E-state index >= 15 is 0 Å². The van der Waals surface area contributed by atoms with Crippen LogP contribution in [0.5, 0.6) is 0 Å². The number of nitrogens with one attached hydrogen (secondary N) is 1. The quantitative estimate of drug-likeness (QED) is 0.618. The lowest BCUT2D eigenvalue weighted by molar-refractivity contribution is 0.0592. The van der Waals surface area contributed by atoms with Crippen molar-refractivity contribution in [2.45, 2.75) is 0 Å². The van der Waals surface area contributed by atoms with E-state index in [1.807, 2.05) is 0 Å². The molecule has 1 heterocycles. The van der Waals surface area contributed by atoms with Crippen LogP contribution in [0.1, 0.15) is 20.8 Å². The summed E-state index contributed by atoms with van der Waals surface area (Å²) in [6, 6.07) is 0. The summed E-state index contributed by atoms with van der Waals surface area (Å²) in [5.41, 5.74) is 0.446. The molecule has 0 aliphatic rings. The lowest BCUT2D eigenvalue weighted by Gasteiger charge is -1.95. The highest BCUT2D eigenvalue weighted by Gasteiger charge is 2.15. The van der Waals surface area contributed by atoms with Crippen LogP contribution < -0.4 is 0 Å². The van der Waals surface area contributed by atoms with Gasteiger partial charge in [0.2, 0.25) is 0 Å². The Morgan fingerprint density at radius 1 is 1.75 bits per heavy atom. The first-order valence-electron chi connectivity index (χ1n) is 3.11. The maximum absolute atomic E-state index is 11.0. The summed E-state index contributed by atoms with van der Waals surface area (Å²) < 4.78 is 5.00. The Labute approximate surface area is 77.0 Å². The fourth-order valence-electron chi connectivity index (χ4n) is 0.797. The molecule has 1 aromatic heterocycles. The number of carbonyl (C=O) groups is 2. The van der Waals surface area contributed by atoms with Crippen molar-refractivity contribution in [3.8, 4) is 0 Å². The van der Waals surface area contributed by atoms with Gasteiger partial charge >= 0.3 is 5.97 Å². The molecule has 0 saturated heterocycles. The lowest BCUT2D eigenvalue weighted by Crippen LogP contribution is -2.04. The van der Waals surface area contributed by atoms with E-state index in [1.54, 1.807) is 0 Å². The van der Waals surface area contributed by atoms with E-state index in [1.165, 1.54) is 13.3 Å². The Bertz CT molecular complexity index is 318. The van der Waals surface area contributed by atoms with Crippen LogP contribution in [-0.2, 0) is 4.74 Å². The third-order valence-electron chi connectivity index (χ3n) is 1.38. The number of rotatable bonds is 2. The highest BCUT2D eigenvalue weighted by molar-refractivity contribution is 9.10. The average Bonchev–Trinajstić information content (AvgIpc) is 2.45. The van der Waals surface area contributed by atoms with Crippen LogP contribution in [0, 0.1) is 0 Å². The Balaban J connectivity index is 3.15. The van der Waals surface area contributed by atoms with Crippen LogP contribution in [0.15, 0.2) is 10.7 Å².